The Labute approximate surface area is 120 Å². The van der Waals surface area contributed by atoms with Crippen LogP contribution in [-0.2, 0) is 20.5 Å². The number of carbonyl (C=O) groups is 1. The van der Waals surface area contributed by atoms with Crippen LogP contribution in [-0.4, -0.2) is 33.8 Å². The summed E-state index contributed by atoms with van der Waals surface area (Å²) in [6.07, 6.45) is -4.74. The second-order valence-electron chi connectivity index (χ2n) is 5.29. The van der Waals surface area contributed by atoms with E-state index in [-0.39, 0.29) is 13.0 Å². The molecular formula is C12H22F3NO3S. The van der Waals surface area contributed by atoms with Crippen LogP contribution in [0.25, 0.3) is 0 Å². The summed E-state index contributed by atoms with van der Waals surface area (Å²) < 4.78 is 57.0. The summed E-state index contributed by atoms with van der Waals surface area (Å²) in [6.45, 7) is 7.64. The zero-order chi connectivity index (χ0) is 16.1. The lowest BCUT2D eigenvalue weighted by atomic mass is 9.97. The molecule has 1 N–H and O–H groups in total. The largest absolute Gasteiger partial charge is 0.466 e. The van der Waals surface area contributed by atoms with Gasteiger partial charge in [-0.1, -0.05) is 6.92 Å². The fourth-order valence-corrected chi connectivity index (χ4v) is 2.34. The maximum atomic E-state index is 13.1. The summed E-state index contributed by atoms with van der Waals surface area (Å²) in [4.78, 5) is 11.6. The summed E-state index contributed by atoms with van der Waals surface area (Å²) in [5.41, 5.74) is 0. The second-order valence-corrected chi connectivity index (χ2v) is 7.28. The molecule has 8 heteroatoms. The Kier molecular flexibility index (Phi) is 7.17. The van der Waals surface area contributed by atoms with E-state index < -0.39 is 39.8 Å². The van der Waals surface area contributed by atoms with E-state index >= 15 is 0 Å². The van der Waals surface area contributed by atoms with Crippen LogP contribution < -0.4 is 4.72 Å². The minimum absolute atomic E-state index is 0.00225. The van der Waals surface area contributed by atoms with Crippen molar-refractivity contribution in [1.82, 2.24) is 4.72 Å². The van der Waals surface area contributed by atoms with Crippen molar-refractivity contribution in [3.63, 3.8) is 0 Å². The maximum Gasteiger partial charge on any atom is 0.405 e. The van der Waals surface area contributed by atoms with Gasteiger partial charge in [0.05, 0.1) is 28.3 Å². The molecule has 0 aliphatic rings. The molecule has 0 rings (SSSR count). The summed E-state index contributed by atoms with van der Waals surface area (Å²) >= 11 is 0. The number of halogens is 3. The van der Waals surface area contributed by atoms with E-state index in [1.54, 1.807) is 20.8 Å². The third-order valence-corrected chi connectivity index (χ3v) is 4.15. The van der Waals surface area contributed by atoms with Crippen LogP contribution in [0.15, 0.2) is 0 Å². The van der Waals surface area contributed by atoms with Gasteiger partial charge in [0.15, 0.2) is 0 Å². The lowest BCUT2D eigenvalue weighted by Gasteiger charge is -2.30. The van der Waals surface area contributed by atoms with Gasteiger partial charge in [0.25, 0.3) is 0 Å². The molecule has 0 radical (unpaired) electrons. The Morgan fingerprint density at radius 3 is 2.05 bits per heavy atom. The third-order valence-electron chi connectivity index (χ3n) is 2.57. The average molecular weight is 317 g/mol. The smallest absolute Gasteiger partial charge is 0.405 e. The molecular weight excluding hydrogens is 295 g/mol. The molecule has 0 spiro atoms. The molecule has 20 heavy (non-hydrogen) atoms. The fourth-order valence-electron chi connectivity index (χ4n) is 1.46. The first-order valence-electron chi connectivity index (χ1n) is 6.36. The quantitative estimate of drug-likeness (QED) is 0.766. The number of nitrogens with one attached hydrogen (secondary N) is 1. The summed E-state index contributed by atoms with van der Waals surface area (Å²) in [5.74, 6) is -2.35. The van der Waals surface area contributed by atoms with Gasteiger partial charge in [-0.2, -0.15) is 13.2 Å². The van der Waals surface area contributed by atoms with Crippen LogP contribution in [0, 0.1) is 5.92 Å². The molecule has 120 valence electrons. The van der Waals surface area contributed by atoms with Gasteiger partial charge in [-0.15, -0.1) is 0 Å². The molecule has 4 nitrogen and oxygen atoms in total. The van der Waals surface area contributed by atoms with Crippen LogP contribution in [0.2, 0.25) is 0 Å². The summed E-state index contributed by atoms with van der Waals surface area (Å²) in [5, 5.41) is 0. The molecule has 0 bridgehead atoms. The molecule has 0 amide bonds. The van der Waals surface area contributed by atoms with E-state index in [1.165, 1.54) is 13.8 Å². The maximum absolute atomic E-state index is 13.1. The highest BCUT2D eigenvalue weighted by molar-refractivity contribution is 7.84. The number of ether oxygens (including phenoxy) is 1. The first kappa shape index (κ1) is 19.4. The number of rotatable bonds is 6. The summed E-state index contributed by atoms with van der Waals surface area (Å²) in [6, 6.07) is -2.19. The van der Waals surface area contributed by atoms with E-state index in [0.717, 1.165) is 0 Å². The van der Waals surface area contributed by atoms with Crippen molar-refractivity contribution >= 4 is 17.0 Å². The van der Waals surface area contributed by atoms with Crippen molar-refractivity contribution in [2.75, 3.05) is 6.61 Å². The molecule has 0 heterocycles. The predicted octanol–water partition coefficient (Wildman–Crippen LogP) is 2.56. The van der Waals surface area contributed by atoms with Crippen molar-refractivity contribution < 1.29 is 26.9 Å². The molecule has 0 fully saturated rings. The van der Waals surface area contributed by atoms with Gasteiger partial charge in [0.1, 0.15) is 6.04 Å². The molecule has 0 saturated carbocycles. The molecule has 0 aliphatic carbocycles. The molecule has 0 saturated heterocycles. The lowest BCUT2D eigenvalue weighted by molar-refractivity contribution is -0.178. The third kappa shape index (κ3) is 5.78. The highest BCUT2D eigenvalue weighted by Crippen LogP contribution is 2.29. The van der Waals surface area contributed by atoms with Crippen LogP contribution in [0.5, 0.6) is 0 Å². The average Bonchev–Trinajstić information content (AvgIpc) is 2.26. The summed E-state index contributed by atoms with van der Waals surface area (Å²) in [7, 11) is -1.93. The first-order chi connectivity index (χ1) is 8.95. The minimum atomic E-state index is -4.69. The Balaban J connectivity index is 5.25. The van der Waals surface area contributed by atoms with Crippen molar-refractivity contribution in [2.24, 2.45) is 5.92 Å². The van der Waals surface area contributed by atoms with Crippen LogP contribution in [0.4, 0.5) is 13.2 Å². The topological polar surface area (TPSA) is 55.4 Å². The van der Waals surface area contributed by atoms with Gasteiger partial charge in [-0.3, -0.25) is 4.79 Å². The normalized spacial score (nSPS) is 17.4. The second kappa shape index (κ2) is 7.40. The van der Waals surface area contributed by atoms with E-state index in [4.69, 9.17) is 0 Å². The van der Waals surface area contributed by atoms with Crippen molar-refractivity contribution in [3.8, 4) is 0 Å². The van der Waals surface area contributed by atoms with Crippen molar-refractivity contribution in [3.05, 3.63) is 0 Å². The lowest BCUT2D eigenvalue weighted by Crippen LogP contribution is -2.53. The Morgan fingerprint density at radius 2 is 1.75 bits per heavy atom. The standard InChI is InChI=1S/C12H22F3NO3S/c1-6-8(10(17)19-7-2)9(12(13,14)15)16-20(18)11(3,4)5/h8-9,16H,6-7H2,1-5H3/t8-,9+,20?/m1/s1. The van der Waals surface area contributed by atoms with E-state index in [0.29, 0.717) is 0 Å². The Hall–Kier alpha value is -0.630. The molecule has 0 aromatic carbocycles. The van der Waals surface area contributed by atoms with E-state index in [2.05, 4.69) is 4.74 Å². The molecule has 0 aromatic heterocycles. The number of hydrogen-bond donors (Lipinski definition) is 1. The van der Waals surface area contributed by atoms with Gasteiger partial charge in [-0.25, -0.2) is 8.93 Å². The van der Waals surface area contributed by atoms with Gasteiger partial charge in [-0.05, 0) is 34.1 Å². The van der Waals surface area contributed by atoms with Gasteiger partial charge >= 0.3 is 12.1 Å². The molecule has 0 aromatic rings. The van der Waals surface area contributed by atoms with Gasteiger partial charge in [0, 0.05) is 0 Å². The SMILES string of the molecule is CCOC(=O)[C@H](CC)[C@H](NS(=O)C(C)(C)C)C(F)(F)F. The number of hydrogen-bond acceptors (Lipinski definition) is 3. The van der Waals surface area contributed by atoms with Crippen molar-refractivity contribution in [1.29, 1.82) is 0 Å². The fraction of sp³-hybridized carbons (Fsp3) is 0.917. The zero-order valence-corrected chi connectivity index (χ0v) is 13.2. The van der Waals surface area contributed by atoms with Crippen molar-refractivity contribution in [2.45, 2.75) is 58.0 Å². The molecule has 1 unspecified atom stereocenters. The molecule has 3 atom stereocenters. The number of esters is 1. The first-order valence-corrected chi connectivity index (χ1v) is 7.51. The van der Waals surface area contributed by atoms with Crippen LogP contribution >= 0.6 is 0 Å². The van der Waals surface area contributed by atoms with Crippen LogP contribution in [0.3, 0.4) is 0 Å². The highest BCUT2D eigenvalue weighted by Gasteiger charge is 2.49. The zero-order valence-electron chi connectivity index (χ0n) is 12.3. The Morgan fingerprint density at radius 1 is 1.25 bits per heavy atom. The Bertz CT molecular complexity index is 353. The minimum Gasteiger partial charge on any atom is -0.466 e. The monoisotopic (exact) mass is 317 g/mol. The molecule has 0 aliphatic heterocycles. The number of alkyl halides is 3. The van der Waals surface area contributed by atoms with E-state index in [9.17, 15) is 22.2 Å². The van der Waals surface area contributed by atoms with Gasteiger partial charge in [0.2, 0.25) is 0 Å². The highest BCUT2D eigenvalue weighted by atomic mass is 32.2. The van der Waals surface area contributed by atoms with Crippen LogP contribution in [0.1, 0.15) is 41.0 Å². The predicted molar refractivity (Wildman–Crippen MR) is 71.3 cm³/mol. The number of carbonyl (C=O) groups excluding carboxylic acids is 1. The van der Waals surface area contributed by atoms with E-state index in [1.807, 2.05) is 4.72 Å². The van der Waals surface area contributed by atoms with Gasteiger partial charge < -0.3 is 4.74 Å².